The van der Waals surface area contributed by atoms with Gasteiger partial charge in [-0.1, -0.05) is 46.9 Å². The number of carbonyl (C=O) groups excluding carboxylic acids is 2. The number of halogens is 1. The van der Waals surface area contributed by atoms with Crippen LogP contribution in [0, 0.1) is 5.82 Å². The molecule has 1 aliphatic rings. The van der Waals surface area contributed by atoms with Gasteiger partial charge >= 0.3 is 6.03 Å². The highest BCUT2D eigenvalue weighted by molar-refractivity contribution is 7.22. The molecule has 1 aliphatic heterocycles. The zero-order chi connectivity index (χ0) is 26.1. The van der Waals surface area contributed by atoms with E-state index in [-0.39, 0.29) is 17.7 Å². The van der Waals surface area contributed by atoms with Gasteiger partial charge in [0.25, 0.3) is 0 Å². The fourth-order valence-electron chi connectivity index (χ4n) is 4.26. The van der Waals surface area contributed by atoms with Crippen LogP contribution in [0.25, 0.3) is 20.8 Å². The summed E-state index contributed by atoms with van der Waals surface area (Å²) in [7, 11) is 0. The fraction of sp³-hybridized carbons (Fsp3) is 0.111. The Bertz CT molecular complexity index is 1620. The first kappa shape index (κ1) is 24.0. The van der Waals surface area contributed by atoms with Crippen molar-refractivity contribution >= 4 is 62.0 Å². The Morgan fingerprint density at radius 1 is 1.05 bits per heavy atom. The Balaban J connectivity index is 1.29. The number of fused-ring (bicyclic) bond motifs is 2. The van der Waals surface area contributed by atoms with Crippen LogP contribution in [0.3, 0.4) is 0 Å². The minimum atomic E-state index is -0.376. The zero-order valence-corrected chi connectivity index (χ0v) is 21.4. The first-order valence-corrected chi connectivity index (χ1v) is 13.4. The molecule has 5 aromatic rings. The highest BCUT2D eigenvalue weighted by Gasteiger charge is 2.25. The van der Waals surface area contributed by atoms with E-state index < -0.39 is 0 Å². The molecule has 11 heteroatoms. The van der Waals surface area contributed by atoms with Crippen molar-refractivity contribution in [1.29, 1.82) is 0 Å². The number of urea groups is 1. The third kappa shape index (κ3) is 4.81. The second kappa shape index (κ2) is 10.2. The molecule has 0 atom stereocenters. The number of aryl methyl sites for hydroxylation is 1. The van der Waals surface area contributed by atoms with Crippen LogP contribution in [-0.2, 0) is 11.2 Å². The molecule has 2 N–H and O–H groups in total. The highest BCUT2D eigenvalue weighted by atomic mass is 32.1. The smallest absolute Gasteiger partial charge is 0.328 e. The number of rotatable bonds is 6. The van der Waals surface area contributed by atoms with Gasteiger partial charge < -0.3 is 10.1 Å². The van der Waals surface area contributed by atoms with E-state index in [4.69, 9.17) is 4.74 Å². The van der Waals surface area contributed by atoms with E-state index in [0.717, 1.165) is 39.9 Å². The monoisotopic (exact) mass is 545 g/mol. The van der Waals surface area contributed by atoms with Crippen molar-refractivity contribution < 1.29 is 18.7 Å². The molecule has 6 rings (SSSR count). The van der Waals surface area contributed by atoms with Crippen molar-refractivity contribution in [1.82, 2.24) is 9.97 Å². The second-order valence-corrected chi connectivity index (χ2v) is 10.5. The number of thiazole rings is 2. The summed E-state index contributed by atoms with van der Waals surface area (Å²) >= 11 is 2.67. The Morgan fingerprint density at radius 3 is 2.71 bits per heavy atom. The molecule has 3 amide bonds. The van der Waals surface area contributed by atoms with Crippen molar-refractivity contribution in [2.24, 2.45) is 0 Å². The molecule has 0 saturated heterocycles. The third-order valence-corrected chi connectivity index (χ3v) is 7.95. The molecule has 3 aromatic carbocycles. The van der Waals surface area contributed by atoms with Gasteiger partial charge in [-0.15, -0.1) is 0 Å². The number of nitrogens with one attached hydrogen (secondary N) is 2. The molecule has 2 aromatic heterocycles. The molecule has 0 saturated carbocycles. The van der Waals surface area contributed by atoms with E-state index >= 15 is 0 Å². The van der Waals surface area contributed by atoms with E-state index in [1.165, 1.54) is 46.9 Å². The maximum absolute atomic E-state index is 13.3. The predicted molar refractivity (Wildman–Crippen MR) is 148 cm³/mol. The van der Waals surface area contributed by atoms with Gasteiger partial charge in [-0.25, -0.2) is 19.2 Å². The molecule has 190 valence electrons. The number of hydrogen-bond acceptors (Lipinski definition) is 7. The Hall–Kier alpha value is -4.35. The highest BCUT2D eigenvalue weighted by Crippen LogP contribution is 2.42. The number of carbonyl (C=O) groups is 2. The zero-order valence-electron chi connectivity index (χ0n) is 19.8. The number of aromatic nitrogens is 2. The summed E-state index contributed by atoms with van der Waals surface area (Å²) in [6, 6.07) is 19.0. The number of anilines is 3. The van der Waals surface area contributed by atoms with E-state index in [9.17, 15) is 14.0 Å². The largest absolute Gasteiger partial charge is 0.443 e. The minimum Gasteiger partial charge on any atom is -0.443 e. The molecule has 0 radical (unpaired) electrons. The van der Waals surface area contributed by atoms with Crippen LogP contribution in [0.5, 0.6) is 10.8 Å². The van der Waals surface area contributed by atoms with E-state index in [0.29, 0.717) is 33.9 Å². The molecule has 0 unspecified atom stereocenters. The average Bonchev–Trinajstić information content (AvgIpc) is 3.53. The molecule has 3 heterocycles. The third-order valence-electron chi connectivity index (χ3n) is 6.02. The van der Waals surface area contributed by atoms with Gasteiger partial charge in [0, 0.05) is 17.8 Å². The van der Waals surface area contributed by atoms with Gasteiger partial charge in [-0.3, -0.25) is 15.0 Å². The Labute approximate surface area is 224 Å². The summed E-state index contributed by atoms with van der Waals surface area (Å²) in [5, 5.41) is 7.03. The predicted octanol–water partition coefficient (Wildman–Crippen LogP) is 6.90. The quantitative estimate of drug-likeness (QED) is 0.226. The SMILES string of the molecule is O=CNc1nc(-c2ccc3c(c2)N(C(=O)Nc2nc4ccccc4s2)CCC3)sc1Oc1ccc(F)cc1. The van der Waals surface area contributed by atoms with Crippen LogP contribution in [-0.4, -0.2) is 29.0 Å². The molecule has 0 spiro atoms. The first-order valence-electron chi connectivity index (χ1n) is 11.8. The topological polar surface area (TPSA) is 96.5 Å². The number of nitrogens with zero attached hydrogens (tertiary/aromatic N) is 3. The van der Waals surface area contributed by atoms with Crippen molar-refractivity contribution in [2.45, 2.75) is 12.8 Å². The van der Waals surface area contributed by atoms with Gasteiger partial charge in [0.15, 0.2) is 10.9 Å². The standard InChI is InChI=1S/C27H20FN5O3S2/c28-18-9-11-19(12-10-18)36-25-23(29-15-34)31-24(38-25)17-8-7-16-4-3-13-33(21(16)14-17)27(35)32-26-30-20-5-1-2-6-22(20)37-26/h1-2,5-12,14-15H,3-4,13H2,(H,29,34)(H,30,32,35). The Morgan fingerprint density at radius 2 is 1.89 bits per heavy atom. The van der Waals surface area contributed by atoms with Crippen LogP contribution >= 0.6 is 22.7 Å². The van der Waals surface area contributed by atoms with Gasteiger partial charge in [-0.05, 0) is 60.9 Å². The summed E-state index contributed by atoms with van der Waals surface area (Å²) in [5.74, 6) is 0.297. The summed E-state index contributed by atoms with van der Waals surface area (Å²) in [4.78, 5) is 35.3. The van der Waals surface area contributed by atoms with Crippen LogP contribution < -0.4 is 20.3 Å². The van der Waals surface area contributed by atoms with E-state index in [1.807, 2.05) is 42.5 Å². The summed E-state index contributed by atoms with van der Waals surface area (Å²) in [6.45, 7) is 0.571. The lowest BCUT2D eigenvalue weighted by atomic mass is 10.00. The van der Waals surface area contributed by atoms with Gasteiger partial charge in [0.1, 0.15) is 16.6 Å². The summed E-state index contributed by atoms with van der Waals surface area (Å²) < 4.78 is 20.2. The fourth-order valence-corrected chi connectivity index (χ4v) is 6.01. The maximum atomic E-state index is 13.3. The molecular weight excluding hydrogens is 525 g/mol. The van der Waals surface area contributed by atoms with Gasteiger partial charge in [-0.2, -0.15) is 0 Å². The number of ether oxygens (including phenoxy) is 1. The second-order valence-electron chi connectivity index (χ2n) is 8.49. The lowest BCUT2D eigenvalue weighted by molar-refractivity contribution is -0.105. The molecule has 38 heavy (non-hydrogen) atoms. The van der Waals surface area contributed by atoms with Crippen molar-refractivity contribution in [2.75, 3.05) is 22.1 Å². The average molecular weight is 546 g/mol. The van der Waals surface area contributed by atoms with Gasteiger partial charge in [0.05, 0.1) is 10.2 Å². The number of hydrogen-bond donors (Lipinski definition) is 2. The normalized spacial score (nSPS) is 12.7. The lowest BCUT2D eigenvalue weighted by Gasteiger charge is -2.29. The number of amides is 3. The first-order chi connectivity index (χ1) is 18.6. The van der Waals surface area contributed by atoms with Crippen molar-refractivity contribution in [3.8, 4) is 21.4 Å². The van der Waals surface area contributed by atoms with Crippen molar-refractivity contribution in [3.05, 3.63) is 78.1 Å². The Kier molecular flexibility index (Phi) is 6.44. The summed E-state index contributed by atoms with van der Waals surface area (Å²) in [5.41, 5.74) is 3.48. The van der Waals surface area contributed by atoms with Crippen LogP contribution in [0.15, 0.2) is 66.7 Å². The molecule has 0 aliphatic carbocycles. The van der Waals surface area contributed by atoms with Crippen molar-refractivity contribution in [3.63, 3.8) is 0 Å². The lowest BCUT2D eigenvalue weighted by Crippen LogP contribution is -2.38. The van der Waals surface area contributed by atoms with E-state index in [2.05, 4.69) is 20.6 Å². The molecule has 0 fully saturated rings. The molecule has 8 nitrogen and oxygen atoms in total. The molecule has 0 bridgehead atoms. The number of para-hydroxylation sites is 1. The van der Waals surface area contributed by atoms with Crippen LogP contribution in [0.1, 0.15) is 12.0 Å². The van der Waals surface area contributed by atoms with Crippen LogP contribution in [0.2, 0.25) is 0 Å². The molecular formula is C27H20FN5O3S2. The minimum absolute atomic E-state index is 0.245. The maximum Gasteiger partial charge on any atom is 0.328 e. The number of benzene rings is 3. The summed E-state index contributed by atoms with van der Waals surface area (Å²) in [6.07, 6.45) is 2.23. The van der Waals surface area contributed by atoms with E-state index in [1.54, 1.807) is 4.90 Å². The van der Waals surface area contributed by atoms with Gasteiger partial charge in [0.2, 0.25) is 11.5 Å². The van der Waals surface area contributed by atoms with Crippen LogP contribution in [0.4, 0.5) is 25.8 Å².